The molecule has 0 aliphatic rings. The Morgan fingerprint density at radius 1 is 1.55 bits per heavy atom. The number of hydrogen-bond donors (Lipinski definition) is 1. The minimum absolute atomic E-state index is 0.339. The van der Waals surface area contributed by atoms with E-state index < -0.39 is 0 Å². The van der Waals surface area contributed by atoms with E-state index in [1.807, 2.05) is 0 Å². The van der Waals surface area contributed by atoms with E-state index in [9.17, 15) is 4.79 Å². The molecule has 0 saturated heterocycles. The van der Waals surface area contributed by atoms with Crippen LogP contribution in [0.2, 0.25) is 0 Å². The second kappa shape index (κ2) is 4.99. The Hall–Kier alpha value is -0.730. The molecule has 0 aromatic rings. The van der Waals surface area contributed by atoms with Crippen molar-refractivity contribution in [3.63, 3.8) is 0 Å². The highest BCUT2D eigenvalue weighted by Gasteiger charge is 2.02. The van der Waals surface area contributed by atoms with E-state index in [1.165, 1.54) is 0 Å². The van der Waals surface area contributed by atoms with Crippen molar-refractivity contribution in [3.05, 3.63) is 0 Å². The lowest BCUT2D eigenvalue weighted by atomic mass is 10.1. The molecule has 2 N–H and O–H groups in total. The molecule has 66 valence electrons. The molecule has 0 fully saturated rings. The Morgan fingerprint density at radius 2 is 2.09 bits per heavy atom. The van der Waals surface area contributed by atoms with E-state index in [-0.39, 0.29) is 6.03 Å². The van der Waals surface area contributed by atoms with Gasteiger partial charge in [0.05, 0.1) is 0 Å². The van der Waals surface area contributed by atoms with E-state index in [0.717, 1.165) is 19.4 Å². The number of urea groups is 1. The first kappa shape index (κ1) is 10.3. The van der Waals surface area contributed by atoms with Crippen LogP contribution in [0.1, 0.15) is 26.7 Å². The maximum absolute atomic E-state index is 10.5. The molecule has 0 heterocycles. The van der Waals surface area contributed by atoms with Gasteiger partial charge in [-0.2, -0.15) is 0 Å². The van der Waals surface area contributed by atoms with Gasteiger partial charge in [0.25, 0.3) is 0 Å². The quantitative estimate of drug-likeness (QED) is 0.661. The minimum Gasteiger partial charge on any atom is -0.351 e. The van der Waals surface area contributed by atoms with Crippen molar-refractivity contribution >= 4 is 6.03 Å². The van der Waals surface area contributed by atoms with Crippen LogP contribution in [0.25, 0.3) is 0 Å². The number of rotatable bonds is 4. The molecular formula is C8H18N2O. The Kier molecular flexibility index (Phi) is 4.66. The Labute approximate surface area is 68.6 Å². The first-order valence-electron chi connectivity index (χ1n) is 4.04. The molecule has 0 atom stereocenters. The number of primary amides is 1. The predicted octanol–water partition coefficient (Wildman–Crippen LogP) is 1.43. The Bertz CT molecular complexity index is 123. The molecule has 2 amide bonds. The lowest BCUT2D eigenvalue weighted by Gasteiger charge is -2.14. The zero-order valence-electron chi connectivity index (χ0n) is 7.63. The monoisotopic (exact) mass is 158 g/mol. The molecule has 0 aliphatic heterocycles. The lowest BCUT2D eigenvalue weighted by molar-refractivity contribution is 0.217. The maximum Gasteiger partial charge on any atom is 0.314 e. The molecule has 0 bridgehead atoms. The van der Waals surface area contributed by atoms with Crippen molar-refractivity contribution in [2.45, 2.75) is 26.7 Å². The number of carbonyl (C=O) groups is 1. The van der Waals surface area contributed by atoms with Crippen molar-refractivity contribution in [3.8, 4) is 0 Å². The van der Waals surface area contributed by atoms with Crippen molar-refractivity contribution in [2.75, 3.05) is 13.6 Å². The van der Waals surface area contributed by atoms with E-state index in [4.69, 9.17) is 5.73 Å². The SMILES string of the molecule is CC(C)CCCN(C)C(N)=O. The van der Waals surface area contributed by atoms with Gasteiger partial charge in [-0.1, -0.05) is 13.8 Å². The van der Waals surface area contributed by atoms with Crippen LogP contribution < -0.4 is 5.73 Å². The first-order valence-corrected chi connectivity index (χ1v) is 4.04. The summed E-state index contributed by atoms with van der Waals surface area (Å²) >= 11 is 0. The molecule has 0 aromatic carbocycles. The molecule has 0 saturated carbocycles. The van der Waals surface area contributed by atoms with Crippen LogP contribution in [-0.4, -0.2) is 24.5 Å². The third-order valence-electron chi connectivity index (χ3n) is 1.65. The van der Waals surface area contributed by atoms with Crippen molar-refractivity contribution in [2.24, 2.45) is 11.7 Å². The van der Waals surface area contributed by atoms with Crippen LogP contribution in [0.15, 0.2) is 0 Å². The molecule has 0 aromatic heterocycles. The van der Waals surface area contributed by atoms with Gasteiger partial charge in [0, 0.05) is 13.6 Å². The van der Waals surface area contributed by atoms with Crippen LogP contribution in [0.5, 0.6) is 0 Å². The fourth-order valence-corrected chi connectivity index (χ4v) is 0.847. The van der Waals surface area contributed by atoms with Gasteiger partial charge in [-0.25, -0.2) is 4.79 Å². The largest absolute Gasteiger partial charge is 0.351 e. The second-order valence-electron chi connectivity index (χ2n) is 3.30. The first-order chi connectivity index (χ1) is 5.04. The minimum atomic E-state index is -0.339. The summed E-state index contributed by atoms with van der Waals surface area (Å²) in [5.74, 6) is 0.705. The third-order valence-corrected chi connectivity index (χ3v) is 1.65. The zero-order chi connectivity index (χ0) is 8.85. The maximum atomic E-state index is 10.5. The smallest absolute Gasteiger partial charge is 0.314 e. The fraction of sp³-hybridized carbons (Fsp3) is 0.875. The van der Waals surface area contributed by atoms with Gasteiger partial charge in [0.2, 0.25) is 0 Å². The normalized spacial score (nSPS) is 10.2. The number of hydrogen-bond acceptors (Lipinski definition) is 1. The molecule has 3 nitrogen and oxygen atoms in total. The lowest BCUT2D eigenvalue weighted by Crippen LogP contribution is -2.32. The van der Waals surface area contributed by atoms with E-state index >= 15 is 0 Å². The topological polar surface area (TPSA) is 46.3 Å². The average Bonchev–Trinajstić information content (AvgIpc) is 1.86. The van der Waals surface area contributed by atoms with Crippen LogP contribution in [0.3, 0.4) is 0 Å². The van der Waals surface area contributed by atoms with Crippen LogP contribution in [0.4, 0.5) is 4.79 Å². The highest BCUT2D eigenvalue weighted by molar-refractivity contribution is 5.71. The molecule has 11 heavy (non-hydrogen) atoms. The summed E-state index contributed by atoms with van der Waals surface area (Å²) in [6.45, 7) is 5.11. The Balaban J connectivity index is 3.31. The summed E-state index contributed by atoms with van der Waals surface area (Å²) in [6, 6.07) is -0.339. The summed E-state index contributed by atoms with van der Waals surface area (Å²) < 4.78 is 0. The van der Waals surface area contributed by atoms with Crippen LogP contribution in [-0.2, 0) is 0 Å². The van der Waals surface area contributed by atoms with Gasteiger partial charge in [0.15, 0.2) is 0 Å². The van der Waals surface area contributed by atoms with Gasteiger partial charge in [0.1, 0.15) is 0 Å². The summed E-state index contributed by atoms with van der Waals surface area (Å²) in [5, 5.41) is 0. The van der Waals surface area contributed by atoms with Gasteiger partial charge in [-0.05, 0) is 18.8 Å². The summed E-state index contributed by atoms with van der Waals surface area (Å²) in [6.07, 6.45) is 2.19. The van der Waals surface area contributed by atoms with Crippen LogP contribution in [0, 0.1) is 5.92 Å². The molecule has 0 rings (SSSR count). The van der Waals surface area contributed by atoms with Crippen molar-refractivity contribution < 1.29 is 4.79 Å². The predicted molar refractivity (Wildman–Crippen MR) is 46.3 cm³/mol. The molecule has 0 radical (unpaired) electrons. The molecule has 0 unspecified atom stereocenters. The number of carbonyl (C=O) groups excluding carboxylic acids is 1. The third kappa shape index (κ3) is 5.70. The van der Waals surface area contributed by atoms with E-state index in [1.54, 1.807) is 11.9 Å². The number of nitrogens with two attached hydrogens (primary N) is 1. The zero-order valence-corrected chi connectivity index (χ0v) is 7.63. The van der Waals surface area contributed by atoms with E-state index in [0.29, 0.717) is 5.92 Å². The van der Waals surface area contributed by atoms with Gasteiger partial charge in [-0.15, -0.1) is 0 Å². The summed E-state index contributed by atoms with van der Waals surface area (Å²) in [7, 11) is 1.72. The average molecular weight is 158 g/mol. The van der Waals surface area contributed by atoms with Crippen LogP contribution >= 0.6 is 0 Å². The van der Waals surface area contributed by atoms with Gasteiger partial charge in [-0.3, -0.25) is 0 Å². The molecule has 3 heteroatoms. The van der Waals surface area contributed by atoms with Crippen molar-refractivity contribution in [1.82, 2.24) is 4.90 Å². The standard InChI is InChI=1S/C8H18N2O/c1-7(2)5-4-6-10(3)8(9)11/h7H,4-6H2,1-3H3,(H2,9,11). The van der Waals surface area contributed by atoms with Crippen molar-refractivity contribution in [1.29, 1.82) is 0 Å². The van der Waals surface area contributed by atoms with E-state index in [2.05, 4.69) is 13.8 Å². The van der Waals surface area contributed by atoms with Gasteiger partial charge >= 0.3 is 6.03 Å². The fourth-order valence-electron chi connectivity index (χ4n) is 0.847. The Morgan fingerprint density at radius 3 is 2.45 bits per heavy atom. The highest BCUT2D eigenvalue weighted by Crippen LogP contribution is 2.03. The molecule has 0 spiro atoms. The van der Waals surface area contributed by atoms with Gasteiger partial charge < -0.3 is 10.6 Å². The number of amides is 2. The molecular weight excluding hydrogens is 140 g/mol. The highest BCUT2D eigenvalue weighted by atomic mass is 16.2. The second-order valence-corrected chi connectivity index (χ2v) is 3.30. The molecule has 0 aliphatic carbocycles. The number of nitrogens with zero attached hydrogens (tertiary/aromatic N) is 1. The summed E-state index contributed by atoms with van der Waals surface area (Å²) in [4.78, 5) is 12.1. The summed E-state index contributed by atoms with van der Waals surface area (Å²) in [5.41, 5.74) is 5.04.